The molecule has 0 aliphatic rings. The standard InChI is InChI=1S/C23H24Cl2N4O7S2/c24-8-11-28(12-9-25)17-3-5-18(6-4-17)36-38(34,35)20(19-7-13-37-23(19)29(32)33)14-16-2-1-10-26-22(16)27-21(31)15-30/h1-7,10,13,20,30H,8-9,11-12,14-15H2,(H,26,27,31). The van der Waals surface area contributed by atoms with Gasteiger partial charge in [-0.2, -0.15) is 8.42 Å². The number of carbonyl (C=O) groups is 1. The highest BCUT2D eigenvalue weighted by Crippen LogP contribution is 2.39. The fourth-order valence-corrected chi connectivity index (χ4v) is 6.28. The summed E-state index contributed by atoms with van der Waals surface area (Å²) >= 11 is 12.5. The minimum Gasteiger partial charge on any atom is -0.387 e. The zero-order chi connectivity index (χ0) is 27.7. The molecule has 11 nitrogen and oxygen atoms in total. The molecule has 2 aromatic heterocycles. The molecule has 0 aliphatic carbocycles. The van der Waals surface area contributed by atoms with Crippen molar-refractivity contribution in [2.45, 2.75) is 11.7 Å². The number of hydrogen-bond donors (Lipinski definition) is 2. The number of nitrogens with one attached hydrogen (secondary N) is 1. The summed E-state index contributed by atoms with van der Waals surface area (Å²) < 4.78 is 32.5. The summed E-state index contributed by atoms with van der Waals surface area (Å²) in [4.78, 5) is 28.7. The van der Waals surface area contributed by atoms with Gasteiger partial charge in [0.25, 0.3) is 5.91 Å². The average molecular weight is 604 g/mol. The molecule has 0 fully saturated rings. The van der Waals surface area contributed by atoms with E-state index in [0.29, 0.717) is 24.8 Å². The first kappa shape index (κ1) is 29.6. The molecule has 38 heavy (non-hydrogen) atoms. The molecule has 0 bridgehead atoms. The molecule has 0 radical (unpaired) electrons. The lowest BCUT2D eigenvalue weighted by Gasteiger charge is -2.23. The summed E-state index contributed by atoms with van der Waals surface area (Å²) in [7, 11) is -4.50. The molecular weight excluding hydrogens is 579 g/mol. The van der Waals surface area contributed by atoms with E-state index in [2.05, 4.69) is 10.3 Å². The van der Waals surface area contributed by atoms with E-state index in [4.69, 9.17) is 32.5 Å². The van der Waals surface area contributed by atoms with Gasteiger partial charge in [0.1, 0.15) is 23.4 Å². The normalized spacial score (nSPS) is 12.1. The second-order valence-corrected chi connectivity index (χ2v) is 11.2. The van der Waals surface area contributed by atoms with Crippen molar-refractivity contribution in [3.05, 3.63) is 75.3 Å². The number of pyridine rings is 1. The van der Waals surface area contributed by atoms with Gasteiger partial charge in [0.15, 0.2) is 0 Å². The first-order valence-electron chi connectivity index (χ1n) is 11.2. The zero-order valence-corrected chi connectivity index (χ0v) is 23.0. The smallest absolute Gasteiger partial charge is 0.328 e. The van der Waals surface area contributed by atoms with Crippen LogP contribution in [0.15, 0.2) is 54.0 Å². The predicted octanol–water partition coefficient (Wildman–Crippen LogP) is 3.96. The number of thiophene rings is 1. The first-order chi connectivity index (χ1) is 18.2. The van der Waals surface area contributed by atoms with Gasteiger partial charge >= 0.3 is 15.1 Å². The molecule has 0 aliphatic heterocycles. The quantitative estimate of drug-likeness (QED) is 0.121. The Bertz CT molecular complexity index is 1350. The number of hydrogen-bond acceptors (Lipinski definition) is 10. The van der Waals surface area contributed by atoms with Crippen LogP contribution in [-0.4, -0.2) is 60.8 Å². The van der Waals surface area contributed by atoms with Crippen molar-refractivity contribution in [1.82, 2.24) is 4.98 Å². The Balaban J connectivity index is 1.97. The minimum absolute atomic E-state index is 0.00771. The Morgan fingerprint density at radius 1 is 1.18 bits per heavy atom. The van der Waals surface area contributed by atoms with E-state index in [9.17, 15) is 23.3 Å². The summed E-state index contributed by atoms with van der Waals surface area (Å²) in [5, 5.41) is 22.7. The van der Waals surface area contributed by atoms with E-state index < -0.39 is 32.8 Å². The first-order valence-corrected chi connectivity index (χ1v) is 14.6. The number of aliphatic hydroxyl groups excluding tert-OH is 1. The molecule has 3 rings (SSSR count). The fraction of sp³-hybridized carbons (Fsp3) is 0.304. The average Bonchev–Trinajstić information content (AvgIpc) is 3.38. The molecule has 1 aromatic carbocycles. The van der Waals surface area contributed by atoms with Crippen LogP contribution in [0.3, 0.4) is 0 Å². The third kappa shape index (κ3) is 7.54. The van der Waals surface area contributed by atoms with E-state index in [0.717, 1.165) is 17.0 Å². The molecule has 1 atom stereocenters. The molecule has 0 saturated heterocycles. The second-order valence-electron chi connectivity index (χ2n) is 7.78. The number of nitro groups is 1. The topological polar surface area (TPSA) is 152 Å². The van der Waals surface area contributed by atoms with Crippen LogP contribution in [0.25, 0.3) is 0 Å². The van der Waals surface area contributed by atoms with Crippen molar-refractivity contribution >= 4 is 67.1 Å². The number of aliphatic hydroxyl groups is 1. The molecule has 0 saturated carbocycles. The van der Waals surface area contributed by atoms with Gasteiger partial charge in [0.2, 0.25) is 0 Å². The number of nitrogens with zero attached hydrogens (tertiary/aromatic N) is 3. The number of aromatic nitrogens is 1. The third-order valence-corrected chi connectivity index (χ3v) is 8.12. The van der Waals surface area contributed by atoms with Gasteiger partial charge in [-0.1, -0.05) is 17.4 Å². The Hall–Kier alpha value is -2.97. The zero-order valence-electron chi connectivity index (χ0n) is 19.8. The number of carbonyl (C=O) groups excluding carboxylic acids is 1. The summed E-state index contributed by atoms with van der Waals surface area (Å²) in [5.74, 6) is 0.0277. The lowest BCUT2D eigenvalue weighted by atomic mass is 10.1. The van der Waals surface area contributed by atoms with Crippen molar-refractivity contribution in [3.8, 4) is 5.75 Å². The van der Waals surface area contributed by atoms with Crippen LogP contribution in [0.4, 0.5) is 16.5 Å². The molecule has 15 heteroatoms. The van der Waals surface area contributed by atoms with Crippen LogP contribution in [0, 0.1) is 10.1 Å². The van der Waals surface area contributed by atoms with Gasteiger partial charge in [-0.05, 0) is 47.3 Å². The van der Waals surface area contributed by atoms with Crippen molar-refractivity contribution in [2.24, 2.45) is 0 Å². The van der Waals surface area contributed by atoms with Crippen molar-refractivity contribution in [2.75, 3.05) is 41.7 Å². The highest BCUT2D eigenvalue weighted by molar-refractivity contribution is 7.87. The predicted molar refractivity (Wildman–Crippen MR) is 147 cm³/mol. The van der Waals surface area contributed by atoms with Crippen molar-refractivity contribution in [1.29, 1.82) is 0 Å². The van der Waals surface area contributed by atoms with Gasteiger partial charge in [0.05, 0.1) is 10.5 Å². The number of anilines is 2. The minimum atomic E-state index is -4.50. The summed E-state index contributed by atoms with van der Waals surface area (Å²) in [6.45, 7) is 0.272. The number of amides is 1. The monoisotopic (exact) mass is 602 g/mol. The maximum Gasteiger partial charge on any atom is 0.328 e. The highest BCUT2D eigenvalue weighted by atomic mass is 35.5. The van der Waals surface area contributed by atoms with Gasteiger partial charge in [0, 0.05) is 43.2 Å². The lowest BCUT2D eigenvalue weighted by Crippen LogP contribution is -2.27. The molecule has 2 N–H and O–H groups in total. The van der Waals surface area contributed by atoms with Crippen molar-refractivity contribution in [3.63, 3.8) is 0 Å². The largest absolute Gasteiger partial charge is 0.387 e. The van der Waals surface area contributed by atoms with Crippen molar-refractivity contribution < 1.29 is 27.4 Å². The molecule has 3 aromatic rings. The number of rotatable bonds is 14. The molecule has 1 unspecified atom stereocenters. The Morgan fingerprint density at radius 2 is 1.87 bits per heavy atom. The van der Waals surface area contributed by atoms with E-state index >= 15 is 0 Å². The summed E-state index contributed by atoms with van der Waals surface area (Å²) in [5.41, 5.74) is 0.983. The lowest BCUT2D eigenvalue weighted by molar-refractivity contribution is -0.380. The van der Waals surface area contributed by atoms with Gasteiger partial charge in [-0.25, -0.2) is 4.98 Å². The van der Waals surface area contributed by atoms with Crippen LogP contribution in [0.2, 0.25) is 0 Å². The maximum absolute atomic E-state index is 13.6. The van der Waals surface area contributed by atoms with Crippen LogP contribution in [0.5, 0.6) is 5.75 Å². The number of alkyl halides is 2. The number of halogens is 2. The third-order valence-electron chi connectivity index (χ3n) is 5.36. The Morgan fingerprint density at radius 3 is 2.47 bits per heavy atom. The van der Waals surface area contributed by atoms with Crippen LogP contribution >= 0.6 is 34.5 Å². The molecule has 1 amide bonds. The molecule has 204 valence electrons. The van der Waals surface area contributed by atoms with E-state index in [1.807, 2.05) is 4.90 Å². The molecule has 2 heterocycles. The maximum atomic E-state index is 13.6. The van der Waals surface area contributed by atoms with Gasteiger partial charge < -0.3 is 19.5 Å². The van der Waals surface area contributed by atoms with Crippen LogP contribution < -0.4 is 14.4 Å². The fourth-order valence-electron chi connectivity index (χ4n) is 3.64. The molecular formula is C23H24Cl2N4O7S2. The van der Waals surface area contributed by atoms with Gasteiger partial charge in [-0.15, -0.1) is 23.2 Å². The summed E-state index contributed by atoms with van der Waals surface area (Å²) in [6.07, 6.45) is 1.08. The van der Waals surface area contributed by atoms with E-state index in [-0.39, 0.29) is 34.1 Å². The summed E-state index contributed by atoms with van der Waals surface area (Å²) in [6, 6.07) is 10.7. The number of benzene rings is 1. The van der Waals surface area contributed by atoms with E-state index in [1.54, 1.807) is 12.1 Å². The highest BCUT2D eigenvalue weighted by Gasteiger charge is 2.36. The van der Waals surface area contributed by atoms with Crippen LogP contribution in [0.1, 0.15) is 16.4 Å². The molecule has 0 spiro atoms. The van der Waals surface area contributed by atoms with E-state index in [1.165, 1.54) is 41.9 Å². The van der Waals surface area contributed by atoms with Crippen LogP contribution in [-0.2, 0) is 21.3 Å². The second kappa shape index (κ2) is 13.7. The SMILES string of the molecule is O=C(CO)Nc1ncccc1CC(c1ccsc1[N+](=O)[O-])S(=O)(=O)Oc1ccc(N(CCCl)CCCl)cc1. The Kier molecular flexibility index (Phi) is 10.7. The van der Waals surface area contributed by atoms with Gasteiger partial charge in [-0.3, -0.25) is 14.9 Å². The Labute approximate surface area is 233 Å².